The van der Waals surface area contributed by atoms with Gasteiger partial charge in [-0.25, -0.2) is 0 Å². The molecule has 0 aliphatic rings. The second-order valence-corrected chi connectivity index (χ2v) is 10.5. The molecular formula is C34H26N2S. The first kappa shape index (κ1) is 21.9. The Balaban J connectivity index is 1.22. The van der Waals surface area contributed by atoms with Crippen LogP contribution in [0.2, 0.25) is 0 Å². The molecule has 0 atom stereocenters. The average molecular weight is 495 g/mol. The summed E-state index contributed by atoms with van der Waals surface area (Å²) in [6.45, 7) is 1.73. The predicted molar refractivity (Wildman–Crippen MR) is 157 cm³/mol. The van der Waals surface area contributed by atoms with E-state index in [0.717, 1.165) is 13.1 Å². The van der Waals surface area contributed by atoms with E-state index in [9.17, 15) is 0 Å². The molecular weight excluding hydrogens is 468 g/mol. The zero-order valence-corrected chi connectivity index (χ0v) is 21.2. The lowest BCUT2D eigenvalue weighted by atomic mass is 10.0. The summed E-state index contributed by atoms with van der Waals surface area (Å²) in [7, 11) is 0. The van der Waals surface area contributed by atoms with Crippen LogP contribution in [0.25, 0.3) is 43.4 Å². The van der Waals surface area contributed by atoms with Gasteiger partial charge in [0, 0.05) is 41.4 Å². The molecule has 7 rings (SSSR count). The number of hydrogen-bond acceptors (Lipinski definition) is 1. The van der Waals surface area contributed by atoms with E-state index in [1.54, 1.807) is 11.3 Å². The first-order valence-electron chi connectivity index (χ1n) is 12.7. The summed E-state index contributed by atoms with van der Waals surface area (Å²) in [6.07, 6.45) is 4.40. The summed E-state index contributed by atoms with van der Waals surface area (Å²) in [5, 5.41) is 4.68. The molecule has 3 aromatic heterocycles. The maximum absolute atomic E-state index is 2.36. The van der Waals surface area contributed by atoms with E-state index in [0.29, 0.717) is 0 Å². The van der Waals surface area contributed by atoms with Crippen molar-refractivity contribution in [3.8, 4) is 21.6 Å². The van der Waals surface area contributed by atoms with Gasteiger partial charge in [0.15, 0.2) is 0 Å². The number of rotatable bonds is 6. The quantitative estimate of drug-likeness (QED) is 0.218. The highest BCUT2D eigenvalue weighted by Gasteiger charge is 2.09. The smallest absolute Gasteiger partial charge is 0.0489 e. The van der Waals surface area contributed by atoms with Crippen LogP contribution >= 0.6 is 11.3 Å². The third kappa shape index (κ3) is 4.28. The van der Waals surface area contributed by atoms with E-state index in [1.165, 1.54) is 54.5 Å². The van der Waals surface area contributed by atoms with E-state index in [-0.39, 0.29) is 0 Å². The van der Waals surface area contributed by atoms with Gasteiger partial charge < -0.3 is 9.13 Å². The van der Waals surface area contributed by atoms with E-state index >= 15 is 0 Å². The number of benzene rings is 4. The molecule has 0 aliphatic heterocycles. The summed E-state index contributed by atoms with van der Waals surface area (Å²) in [4.78, 5) is 1.31. The summed E-state index contributed by atoms with van der Waals surface area (Å²) in [5.74, 6) is 0. The Morgan fingerprint density at radius 1 is 0.486 bits per heavy atom. The van der Waals surface area contributed by atoms with Crippen LogP contribution < -0.4 is 0 Å². The molecule has 0 unspecified atom stereocenters. The third-order valence-electron chi connectivity index (χ3n) is 7.16. The molecule has 0 saturated heterocycles. The lowest BCUT2D eigenvalue weighted by Gasteiger charge is -2.10. The van der Waals surface area contributed by atoms with Crippen molar-refractivity contribution in [3.63, 3.8) is 0 Å². The highest BCUT2D eigenvalue weighted by molar-refractivity contribution is 7.13. The number of hydrogen-bond donors (Lipinski definition) is 0. The molecule has 0 saturated carbocycles. The number of nitrogens with zero attached hydrogens (tertiary/aromatic N) is 2. The molecule has 0 aliphatic carbocycles. The molecule has 4 aromatic carbocycles. The van der Waals surface area contributed by atoms with Gasteiger partial charge in [0.2, 0.25) is 0 Å². The number of thiophene rings is 1. The van der Waals surface area contributed by atoms with Gasteiger partial charge in [0.25, 0.3) is 0 Å². The van der Waals surface area contributed by atoms with E-state index in [2.05, 4.69) is 142 Å². The first-order chi connectivity index (χ1) is 18.3. The van der Waals surface area contributed by atoms with E-state index < -0.39 is 0 Å². The third-order valence-corrected chi connectivity index (χ3v) is 8.08. The molecule has 0 fully saturated rings. The molecule has 3 heterocycles. The molecule has 0 amide bonds. The molecule has 3 heteroatoms. The lowest BCUT2D eigenvalue weighted by Crippen LogP contribution is -1.98. The zero-order valence-electron chi connectivity index (χ0n) is 20.4. The number of fused-ring (bicyclic) bond motifs is 2. The molecule has 37 heavy (non-hydrogen) atoms. The normalized spacial score (nSPS) is 11.5. The van der Waals surface area contributed by atoms with Crippen molar-refractivity contribution in [2.75, 3.05) is 0 Å². The van der Waals surface area contributed by atoms with Gasteiger partial charge >= 0.3 is 0 Å². The first-order valence-corrected chi connectivity index (χ1v) is 13.5. The largest absolute Gasteiger partial charge is 0.343 e. The van der Waals surface area contributed by atoms with Gasteiger partial charge in [-0.15, -0.1) is 11.3 Å². The molecule has 0 N–H and O–H groups in total. The van der Waals surface area contributed by atoms with Gasteiger partial charge in [-0.3, -0.25) is 0 Å². The van der Waals surface area contributed by atoms with Crippen LogP contribution in [0, 0.1) is 0 Å². The monoisotopic (exact) mass is 494 g/mol. The second-order valence-electron chi connectivity index (χ2n) is 9.60. The van der Waals surface area contributed by atoms with Crippen LogP contribution in [0.3, 0.4) is 0 Å². The van der Waals surface area contributed by atoms with Crippen molar-refractivity contribution in [1.29, 1.82) is 0 Å². The van der Waals surface area contributed by atoms with Gasteiger partial charge in [-0.1, -0.05) is 78.9 Å². The minimum Gasteiger partial charge on any atom is -0.343 e. The molecule has 0 bridgehead atoms. The van der Waals surface area contributed by atoms with Crippen LogP contribution in [0.15, 0.2) is 133 Å². The minimum atomic E-state index is 0.852. The van der Waals surface area contributed by atoms with Crippen LogP contribution in [-0.4, -0.2) is 9.13 Å². The van der Waals surface area contributed by atoms with Crippen molar-refractivity contribution in [2.24, 2.45) is 0 Å². The van der Waals surface area contributed by atoms with E-state index in [1.807, 2.05) is 0 Å². The Bertz CT molecular complexity index is 1820. The highest BCUT2D eigenvalue weighted by Crippen LogP contribution is 2.30. The van der Waals surface area contributed by atoms with Crippen molar-refractivity contribution in [1.82, 2.24) is 9.13 Å². The van der Waals surface area contributed by atoms with Crippen molar-refractivity contribution in [2.45, 2.75) is 13.1 Å². The fraction of sp³-hybridized carbons (Fsp3) is 0.0588. The van der Waals surface area contributed by atoms with Crippen LogP contribution in [-0.2, 0) is 13.1 Å². The zero-order chi connectivity index (χ0) is 24.6. The van der Waals surface area contributed by atoms with Gasteiger partial charge in [-0.05, 0) is 80.4 Å². The molecule has 2 nitrogen and oxygen atoms in total. The Labute approximate surface area is 220 Å². The Morgan fingerprint density at radius 3 is 1.78 bits per heavy atom. The standard InChI is InChI=1S/C34H26N2S/c1-2-6-25(7-3-1)23-35-17-15-27-11-13-29(21-32(27)35)30-14-12-28-16-18-36(33(28)22-30)24-26-8-4-9-31(20-26)34-10-5-19-37-34/h1-22H,23-24H2. The average Bonchev–Trinajstić information content (AvgIpc) is 3.70. The summed E-state index contributed by atoms with van der Waals surface area (Å²) in [6, 6.07) is 41.9. The van der Waals surface area contributed by atoms with Gasteiger partial charge in [0.1, 0.15) is 0 Å². The minimum absolute atomic E-state index is 0.852. The fourth-order valence-corrected chi connectivity index (χ4v) is 5.97. The van der Waals surface area contributed by atoms with Crippen molar-refractivity contribution in [3.05, 3.63) is 144 Å². The van der Waals surface area contributed by atoms with Gasteiger partial charge in [-0.2, -0.15) is 0 Å². The van der Waals surface area contributed by atoms with Crippen LogP contribution in [0.1, 0.15) is 11.1 Å². The van der Waals surface area contributed by atoms with Crippen LogP contribution in [0.4, 0.5) is 0 Å². The van der Waals surface area contributed by atoms with Crippen molar-refractivity contribution < 1.29 is 0 Å². The van der Waals surface area contributed by atoms with Crippen LogP contribution in [0.5, 0.6) is 0 Å². The van der Waals surface area contributed by atoms with Gasteiger partial charge in [0.05, 0.1) is 0 Å². The topological polar surface area (TPSA) is 9.86 Å². The molecule has 0 spiro atoms. The fourth-order valence-electron chi connectivity index (χ4n) is 5.25. The number of aromatic nitrogens is 2. The molecule has 0 radical (unpaired) electrons. The predicted octanol–water partition coefficient (Wildman–Crippen LogP) is 9.09. The lowest BCUT2D eigenvalue weighted by molar-refractivity contribution is 0.837. The maximum atomic E-state index is 2.36. The Kier molecular flexibility index (Phi) is 5.49. The second kappa shape index (κ2) is 9.27. The maximum Gasteiger partial charge on any atom is 0.0489 e. The highest BCUT2D eigenvalue weighted by atomic mass is 32.1. The Morgan fingerprint density at radius 2 is 1.14 bits per heavy atom. The summed E-state index contributed by atoms with van der Waals surface area (Å²) in [5.41, 5.74) is 8.93. The SMILES string of the molecule is c1ccc(Cn2ccc3ccc(-c4ccc5ccn(Cc6cccc(-c7cccs7)c6)c5c4)cc32)cc1. The van der Waals surface area contributed by atoms with E-state index in [4.69, 9.17) is 0 Å². The molecule has 178 valence electrons. The summed E-state index contributed by atoms with van der Waals surface area (Å²) >= 11 is 1.79. The Hall–Kier alpha value is -4.34. The van der Waals surface area contributed by atoms with Crippen molar-refractivity contribution >= 4 is 33.1 Å². The summed E-state index contributed by atoms with van der Waals surface area (Å²) < 4.78 is 4.71. The molecule has 7 aromatic rings.